The summed E-state index contributed by atoms with van der Waals surface area (Å²) in [7, 11) is 0. The van der Waals surface area contributed by atoms with Crippen LogP contribution in [0.2, 0.25) is 0 Å². The zero-order chi connectivity index (χ0) is 14.0. The molecule has 1 amide bonds. The van der Waals surface area contributed by atoms with Gasteiger partial charge in [0.1, 0.15) is 5.69 Å². The van der Waals surface area contributed by atoms with Crippen LogP contribution in [0.5, 0.6) is 0 Å². The molecule has 0 aliphatic carbocycles. The monoisotopic (exact) mass is 327 g/mol. The number of hydrogen-bond donors (Lipinski definition) is 0. The van der Waals surface area contributed by atoms with Crippen molar-refractivity contribution in [3.8, 4) is 0 Å². The van der Waals surface area contributed by atoms with E-state index in [-0.39, 0.29) is 5.91 Å². The molecule has 1 aliphatic heterocycles. The van der Waals surface area contributed by atoms with Gasteiger partial charge in [0, 0.05) is 24.5 Å². The Morgan fingerprint density at radius 1 is 1.53 bits per heavy atom. The summed E-state index contributed by atoms with van der Waals surface area (Å²) in [4.78, 5) is 14.7. The highest BCUT2D eigenvalue weighted by Gasteiger charge is 2.35. The van der Waals surface area contributed by atoms with Crippen molar-refractivity contribution in [3.05, 3.63) is 17.5 Å². The van der Waals surface area contributed by atoms with Crippen LogP contribution in [-0.2, 0) is 13.0 Å². The Bertz CT molecular complexity index is 458. The quantitative estimate of drug-likeness (QED) is 0.797. The average Bonchev–Trinajstić information content (AvgIpc) is 3.00. The van der Waals surface area contributed by atoms with Gasteiger partial charge in [-0.05, 0) is 31.7 Å². The second-order valence-corrected chi connectivity index (χ2v) is 5.82. The molecule has 2 unspecified atom stereocenters. The lowest BCUT2D eigenvalue weighted by atomic mass is 10.1. The molecule has 1 aliphatic rings. The van der Waals surface area contributed by atoms with E-state index in [1.807, 2.05) is 22.6 Å². The number of carbonyl (C=O) groups excluding carboxylic acids is 1. The highest BCUT2D eigenvalue weighted by molar-refractivity contribution is 9.09. The van der Waals surface area contributed by atoms with Crippen LogP contribution in [0.25, 0.3) is 0 Å². The molecule has 0 bridgehead atoms. The van der Waals surface area contributed by atoms with Gasteiger partial charge in [0.25, 0.3) is 5.91 Å². The SMILES string of the molecule is CCc1cc(C(=O)N2CCC(C)C2CBr)n(CC)n1. The topological polar surface area (TPSA) is 38.1 Å². The number of rotatable bonds is 4. The average molecular weight is 328 g/mol. The number of aromatic nitrogens is 2. The minimum atomic E-state index is 0.128. The minimum Gasteiger partial charge on any atom is -0.333 e. The molecule has 1 saturated heterocycles. The van der Waals surface area contributed by atoms with Crippen LogP contribution in [-0.4, -0.2) is 38.5 Å². The van der Waals surface area contributed by atoms with E-state index in [0.29, 0.717) is 12.0 Å². The molecule has 19 heavy (non-hydrogen) atoms. The molecule has 5 heteroatoms. The molecule has 2 heterocycles. The maximum atomic E-state index is 12.7. The van der Waals surface area contributed by atoms with E-state index in [9.17, 15) is 4.79 Å². The van der Waals surface area contributed by atoms with Crippen molar-refractivity contribution in [1.29, 1.82) is 0 Å². The van der Waals surface area contributed by atoms with Crippen LogP contribution in [0.15, 0.2) is 6.07 Å². The first kappa shape index (κ1) is 14.6. The lowest BCUT2D eigenvalue weighted by Crippen LogP contribution is -2.39. The fourth-order valence-corrected chi connectivity index (χ4v) is 3.69. The molecule has 0 saturated carbocycles. The molecule has 1 aromatic rings. The van der Waals surface area contributed by atoms with Gasteiger partial charge in [0.2, 0.25) is 0 Å². The van der Waals surface area contributed by atoms with Crippen LogP contribution >= 0.6 is 15.9 Å². The number of hydrogen-bond acceptors (Lipinski definition) is 2. The van der Waals surface area contributed by atoms with E-state index >= 15 is 0 Å². The van der Waals surface area contributed by atoms with E-state index in [4.69, 9.17) is 0 Å². The van der Waals surface area contributed by atoms with Crippen molar-refractivity contribution >= 4 is 21.8 Å². The van der Waals surface area contributed by atoms with Gasteiger partial charge in [-0.3, -0.25) is 9.48 Å². The van der Waals surface area contributed by atoms with Gasteiger partial charge in [-0.2, -0.15) is 5.10 Å². The molecule has 2 atom stereocenters. The fourth-order valence-electron chi connectivity index (χ4n) is 2.70. The van der Waals surface area contributed by atoms with Gasteiger partial charge >= 0.3 is 0 Å². The third-order valence-corrected chi connectivity index (χ3v) is 4.68. The summed E-state index contributed by atoms with van der Waals surface area (Å²) in [6.45, 7) is 7.90. The van der Waals surface area contributed by atoms with Crippen molar-refractivity contribution in [2.24, 2.45) is 5.92 Å². The Balaban J connectivity index is 2.26. The van der Waals surface area contributed by atoms with Crippen molar-refractivity contribution in [1.82, 2.24) is 14.7 Å². The first-order chi connectivity index (χ1) is 9.12. The largest absolute Gasteiger partial charge is 0.333 e. The number of alkyl halides is 1. The van der Waals surface area contributed by atoms with Crippen molar-refractivity contribution in [3.63, 3.8) is 0 Å². The summed E-state index contributed by atoms with van der Waals surface area (Å²) in [5.41, 5.74) is 1.73. The highest BCUT2D eigenvalue weighted by atomic mass is 79.9. The maximum absolute atomic E-state index is 12.7. The number of likely N-dealkylation sites (tertiary alicyclic amines) is 1. The molecule has 0 N–H and O–H groups in total. The van der Waals surface area contributed by atoms with Gasteiger partial charge in [-0.15, -0.1) is 0 Å². The molecule has 1 fully saturated rings. The smallest absolute Gasteiger partial charge is 0.272 e. The van der Waals surface area contributed by atoms with Crippen LogP contribution in [0.1, 0.15) is 43.4 Å². The summed E-state index contributed by atoms with van der Waals surface area (Å²) < 4.78 is 1.83. The third-order valence-electron chi connectivity index (χ3n) is 4.01. The van der Waals surface area contributed by atoms with Gasteiger partial charge in [-0.25, -0.2) is 0 Å². The molecule has 4 nitrogen and oxygen atoms in total. The molecule has 0 radical (unpaired) electrons. The van der Waals surface area contributed by atoms with Crippen LogP contribution < -0.4 is 0 Å². The number of nitrogens with zero attached hydrogens (tertiary/aromatic N) is 3. The summed E-state index contributed by atoms with van der Waals surface area (Å²) in [5.74, 6) is 0.690. The molecule has 106 valence electrons. The third kappa shape index (κ3) is 2.71. The Morgan fingerprint density at radius 2 is 2.26 bits per heavy atom. The minimum absolute atomic E-state index is 0.128. The first-order valence-corrected chi connectivity index (χ1v) is 8.18. The van der Waals surface area contributed by atoms with E-state index in [0.717, 1.165) is 42.6 Å². The van der Waals surface area contributed by atoms with Crippen molar-refractivity contribution in [2.75, 3.05) is 11.9 Å². The summed E-state index contributed by atoms with van der Waals surface area (Å²) in [5, 5.41) is 5.32. The summed E-state index contributed by atoms with van der Waals surface area (Å²) >= 11 is 3.54. The maximum Gasteiger partial charge on any atom is 0.272 e. The second-order valence-electron chi connectivity index (χ2n) is 5.18. The highest BCUT2D eigenvalue weighted by Crippen LogP contribution is 2.27. The van der Waals surface area contributed by atoms with Gasteiger partial charge < -0.3 is 4.90 Å². The van der Waals surface area contributed by atoms with E-state index < -0.39 is 0 Å². The molecule has 1 aromatic heterocycles. The number of halogens is 1. The Morgan fingerprint density at radius 3 is 2.84 bits per heavy atom. The van der Waals surface area contributed by atoms with E-state index in [2.05, 4.69) is 34.9 Å². The first-order valence-electron chi connectivity index (χ1n) is 7.06. The Kier molecular flexibility index (Phi) is 4.66. The Labute approximate surface area is 123 Å². The van der Waals surface area contributed by atoms with Crippen LogP contribution in [0, 0.1) is 5.92 Å². The molecule has 0 aromatic carbocycles. The predicted molar refractivity (Wildman–Crippen MR) is 79.7 cm³/mol. The van der Waals surface area contributed by atoms with Gasteiger partial charge in [-0.1, -0.05) is 29.8 Å². The molecular formula is C14H22BrN3O. The summed E-state index contributed by atoms with van der Waals surface area (Å²) in [6.07, 6.45) is 1.95. The normalized spacial score (nSPS) is 23.1. The number of carbonyl (C=O) groups is 1. The number of aryl methyl sites for hydroxylation is 2. The lowest BCUT2D eigenvalue weighted by molar-refractivity contribution is 0.0726. The summed E-state index contributed by atoms with van der Waals surface area (Å²) in [6, 6.07) is 2.25. The zero-order valence-electron chi connectivity index (χ0n) is 11.9. The van der Waals surface area contributed by atoms with Gasteiger partial charge in [0.15, 0.2) is 0 Å². The molecular weight excluding hydrogens is 306 g/mol. The van der Waals surface area contributed by atoms with E-state index in [1.54, 1.807) is 0 Å². The van der Waals surface area contributed by atoms with Crippen LogP contribution in [0.3, 0.4) is 0 Å². The second kappa shape index (κ2) is 6.07. The number of amides is 1. The van der Waals surface area contributed by atoms with E-state index in [1.165, 1.54) is 0 Å². The van der Waals surface area contributed by atoms with Crippen LogP contribution in [0.4, 0.5) is 0 Å². The standard InChI is InChI=1S/C14H22BrN3O/c1-4-11-8-12(18(5-2)16-11)14(19)17-7-6-10(3)13(17)9-15/h8,10,13H,4-7,9H2,1-3H3. The fraction of sp³-hybridized carbons (Fsp3) is 0.714. The Hall–Kier alpha value is -0.840. The zero-order valence-corrected chi connectivity index (χ0v) is 13.5. The van der Waals surface area contributed by atoms with Gasteiger partial charge in [0.05, 0.1) is 5.69 Å². The molecule has 2 rings (SSSR count). The predicted octanol–water partition coefficient (Wildman–Crippen LogP) is 2.71. The van der Waals surface area contributed by atoms with Crippen molar-refractivity contribution < 1.29 is 4.79 Å². The van der Waals surface area contributed by atoms with Crippen molar-refractivity contribution in [2.45, 2.75) is 46.2 Å². The lowest BCUT2D eigenvalue weighted by Gasteiger charge is -2.25. The molecule has 0 spiro atoms.